The molecule has 0 bridgehead atoms. The number of carboxylic acids is 1. The number of hydrogen-bond acceptors (Lipinski definition) is 7. The topological polar surface area (TPSA) is 112 Å². The van der Waals surface area contributed by atoms with Crippen LogP contribution in [0.1, 0.15) is 64.9 Å². The molecule has 2 N–H and O–H groups in total. The number of aliphatic carboxylic acids is 1. The number of hydrazine groups is 1. The van der Waals surface area contributed by atoms with Gasteiger partial charge in [-0.1, -0.05) is 76.8 Å². The van der Waals surface area contributed by atoms with Crippen LogP contribution in [0.15, 0.2) is 36.0 Å². The molecule has 0 aromatic heterocycles. The fourth-order valence-electron chi connectivity index (χ4n) is 4.36. The lowest BCUT2D eigenvalue weighted by Gasteiger charge is -2.42. The molecule has 2 aliphatic heterocycles. The fraction of sp³-hybridized carbons (Fsp3) is 0.577. The van der Waals surface area contributed by atoms with Crippen molar-refractivity contribution in [1.82, 2.24) is 20.4 Å². The highest BCUT2D eigenvalue weighted by Crippen LogP contribution is 2.36. The van der Waals surface area contributed by atoms with E-state index in [4.69, 9.17) is 14.7 Å². The molecule has 2 unspecified atom stereocenters. The number of hydrogen-bond donors (Lipinski definition) is 2. The molecule has 0 aliphatic carbocycles. The Morgan fingerprint density at radius 3 is 2.39 bits per heavy atom. The molecule has 0 radical (unpaired) electrons. The quantitative estimate of drug-likeness (QED) is 0.343. The Labute approximate surface area is 213 Å². The second-order valence-electron chi connectivity index (χ2n) is 8.72. The molecule has 1 aromatic carbocycles. The van der Waals surface area contributed by atoms with Gasteiger partial charge in [-0.3, -0.25) is 19.7 Å². The molecule has 10 nitrogen and oxygen atoms in total. The highest BCUT2D eigenvalue weighted by atomic mass is 16.7. The zero-order valence-electron chi connectivity index (χ0n) is 22.0. The second-order valence-corrected chi connectivity index (χ2v) is 8.72. The van der Waals surface area contributed by atoms with Gasteiger partial charge in [0.1, 0.15) is 5.70 Å². The summed E-state index contributed by atoms with van der Waals surface area (Å²) in [6.07, 6.45) is 7.05. The Morgan fingerprint density at radius 2 is 1.86 bits per heavy atom. The molecule has 200 valence electrons. The number of carboxylic acid groups (broad SMARTS) is 1. The van der Waals surface area contributed by atoms with Gasteiger partial charge < -0.3 is 9.84 Å². The summed E-state index contributed by atoms with van der Waals surface area (Å²) in [4.78, 5) is 40.7. The van der Waals surface area contributed by atoms with Crippen molar-refractivity contribution in [2.45, 2.75) is 65.1 Å². The number of unbranched alkanes of at least 4 members (excludes halogenated alkanes) is 1. The van der Waals surface area contributed by atoms with Crippen molar-refractivity contribution < 1.29 is 29.1 Å². The highest BCUT2D eigenvalue weighted by Gasteiger charge is 2.53. The van der Waals surface area contributed by atoms with Crippen molar-refractivity contribution in [3.8, 4) is 0 Å². The molecule has 0 saturated carbocycles. The number of ether oxygens (including phenoxy) is 1. The Bertz CT molecular complexity index is 909. The fourth-order valence-corrected chi connectivity index (χ4v) is 4.36. The number of carbonyl (C=O) groups excluding carboxylic acids is 2. The van der Waals surface area contributed by atoms with E-state index in [2.05, 4.69) is 19.2 Å². The lowest BCUT2D eigenvalue weighted by molar-refractivity contribution is -0.200. The van der Waals surface area contributed by atoms with Gasteiger partial charge in [0, 0.05) is 33.0 Å². The van der Waals surface area contributed by atoms with Crippen molar-refractivity contribution in [2.75, 3.05) is 27.3 Å². The first-order valence-electron chi connectivity index (χ1n) is 12.6. The van der Waals surface area contributed by atoms with E-state index in [0.29, 0.717) is 25.4 Å². The summed E-state index contributed by atoms with van der Waals surface area (Å²) < 4.78 is 6.01. The maximum atomic E-state index is 13.2. The van der Waals surface area contributed by atoms with Crippen molar-refractivity contribution in [1.29, 1.82) is 0 Å². The van der Waals surface area contributed by atoms with Crippen LogP contribution in [0, 0.1) is 5.92 Å². The highest BCUT2D eigenvalue weighted by molar-refractivity contribution is 6.12. The van der Waals surface area contributed by atoms with Crippen LogP contribution in [-0.2, 0) is 19.2 Å². The summed E-state index contributed by atoms with van der Waals surface area (Å²) >= 11 is 0. The van der Waals surface area contributed by atoms with E-state index in [1.165, 1.54) is 12.1 Å². The first kappa shape index (κ1) is 29.4. The third kappa shape index (κ3) is 6.91. The van der Waals surface area contributed by atoms with Gasteiger partial charge in [0.05, 0.1) is 7.11 Å². The second kappa shape index (κ2) is 14.1. The largest absolute Gasteiger partial charge is 0.481 e. The summed E-state index contributed by atoms with van der Waals surface area (Å²) in [5.74, 6) is -1.68. The Balaban J connectivity index is 0.000000830. The molecule has 0 spiro atoms. The van der Waals surface area contributed by atoms with Crippen molar-refractivity contribution in [3.63, 3.8) is 0 Å². The van der Waals surface area contributed by atoms with Crippen molar-refractivity contribution in [3.05, 3.63) is 41.6 Å². The first-order chi connectivity index (χ1) is 17.3. The SMILES string of the molecule is CCC(=O)O.CCCCC(CC)CC1(OC)NCCN1N1C(=O)N(OC)C(=O)C1=Cc1ccccc1. The zero-order chi connectivity index (χ0) is 26.7. The van der Waals surface area contributed by atoms with Crippen molar-refractivity contribution in [2.24, 2.45) is 5.92 Å². The summed E-state index contributed by atoms with van der Waals surface area (Å²) in [7, 11) is 2.97. The smallest absolute Gasteiger partial charge is 0.371 e. The molecule has 2 saturated heterocycles. The number of carbonyl (C=O) groups is 3. The van der Waals surface area contributed by atoms with E-state index in [9.17, 15) is 14.4 Å². The minimum Gasteiger partial charge on any atom is -0.481 e. The summed E-state index contributed by atoms with van der Waals surface area (Å²) in [6.45, 7) is 7.14. The number of rotatable bonds is 11. The number of urea groups is 1. The van der Waals surface area contributed by atoms with Crippen LogP contribution < -0.4 is 5.32 Å². The number of methoxy groups -OCH3 is 1. The van der Waals surface area contributed by atoms with Gasteiger partial charge >= 0.3 is 17.9 Å². The average molecular weight is 505 g/mol. The third-order valence-electron chi connectivity index (χ3n) is 6.40. The van der Waals surface area contributed by atoms with Crippen LogP contribution in [0.5, 0.6) is 0 Å². The number of imide groups is 1. The molecular formula is C26H40N4O6. The molecule has 2 atom stereocenters. The first-order valence-corrected chi connectivity index (χ1v) is 12.6. The molecule has 1 aromatic rings. The molecule has 3 amide bonds. The van der Waals surface area contributed by atoms with E-state index in [1.54, 1.807) is 20.1 Å². The van der Waals surface area contributed by atoms with Crippen LogP contribution in [0.25, 0.3) is 6.08 Å². The van der Waals surface area contributed by atoms with E-state index < -0.39 is 23.8 Å². The maximum Gasteiger partial charge on any atom is 0.371 e. The summed E-state index contributed by atoms with van der Waals surface area (Å²) in [5.41, 5.74) is 1.07. The van der Waals surface area contributed by atoms with Gasteiger partial charge in [-0.15, -0.1) is 5.06 Å². The Morgan fingerprint density at radius 1 is 1.19 bits per heavy atom. The van der Waals surface area contributed by atoms with Gasteiger partial charge in [0.15, 0.2) is 5.85 Å². The minimum absolute atomic E-state index is 0.222. The van der Waals surface area contributed by atoms with Gasteiger partial charge in [-0.2, -0.15) is 5.01 Å². The molecule has 2 fully saturated rings. The number of hydroxylamine groups is 2. The van der Waals surface area contributed by atoms with E-state index in [1.807, 2.05) is 35.3 Å². The average Bonchev–Trinajstić information content (AvgIpc) is 3.40. The van der Waals surface area contributed by atoms with E-state index in [0.717, 1.165) is 36.3 Å². The Kier molecular flexibility index (Phi) is 11.5. The van der Waals surface area contributed by atoms with Gasteiger partial charge in [0.2, 0.25) is 0 Å². The predicted molar refractivity (Wildman–Crippen MR) is 136 cm³/mol. The third-order valence-corrected chi connectivity index (χ3v) is 6.40. The molecular weight excluding hydrogens is 464 g/mol. The molecule has 10 heteroatoms. The van der Waals surface area contributed by atoms with Crippen LogP contribution >= 0.6 is 0 Å². The normalized spacial score (nSPS) is 22.2. The lowest BCUT2D eigenvalue weighted by Crippen LogP contribution is -2.60. The van der Waals surface area contributed by atoms with E-state index in [-0.39, 0.29) is 12.1 Å². The molecule has 2 aliphatic rings. The summed E-state index contributed by atoms with van der Waals surface area (Å²) in [5, 5.41) is 15.2. The zero-order valence-corrected chi connectivity index (χ0v) is 22.0. The van der Waals surface area contributed by atoms with Gasteiger partial charge in [-0.05, 0) is 17.6 Å². The number of benzene rings is 1. The molecule has 2 heterocycles. The maximum absolute atomic E-state index is 13.2. The van der Waals surface area contributed by atoms with Crippen LogP contribution in [0.2, 0.25) is 0 Å². The van der Waals surface area contributed by atoms with Crippen LogP contribution in [-0.4, -0.2) is 71.3 Å². The molecule has 36 heavy (non-hydrogen) atoms. The van der Waals surface area contributed by atoms with E-state index >= 15 is 0 Å². The number of nitrogens with zero attached hydrogens (tertiary/aromatic N) is 3. The predicted octanol–water partition coefficient (Wildman–Crippen LogP) is 4.06. The summed E-state index contributed by atoms with van der Waals surface area (Å²) in [6, 6.07) is 8.93. The number of amides is 3. The van der Waals surface area contributed by atoms with Gasteiger partial charge in [0.25, 0.3) is 0 Å². The monoisotopic (exact) mass is 504 g/mol. The standard InChI is InChI=1S/C23H34N4O4.C3H6O2/c1-5-7-11-18(6-2)17-23(30-3)24-14-15-25(23)26-20(16-19-12-9-8-10-13-19)21(28)27(31-4)22(26)29;1-2-3(4)5/h8-10,12-13,16,18,24H,5-7,11,14-15,17H2,1-4H3;2H2,1H3,(H,4,5). The Hall–Kier alpha value is -2.79. The molecule has 3 rings (SSSR count). The van der Waals surface area contributed by atoms with Gasteiger partial charge in [-0.25, -0.2) is 9.80 Å². The lowest BCUT2D eigenvalue weighted by atomic mass is 9.93. The number of nitrogens with one attached hydrogen (secondary N) is 1. The van der Waals surface area contributed by atoms with Crippen LogP contribution in [0.4, 0.5) is 4.79 Å². The minimum atomic E-state index is -0.871. The van der Waals surface area contributed by atoms with Crippen LogP contribution in [0.3, 0.4) is 0 Å². The van der Waals surface area contributed by atoms with Crippen molar-refractivity contribution >= 4 is 24.0 Å².